The molecular weight excluding hydrogens is 160 g/mol. The lowest BCUT2D eigenvalue weighted by molar-refractivity contribution is -0.133. The summed E-state index contributed by atoms with van der Waals surface area (Å²) in [7, 11) is 0. The Balaban J connectivity index is 2.08. The zero-order valence-electron chi connectivity index (χ0n) is 6.06. The van der Waals surface area contributed by atoms with Crippen LogP contribution in [0.1, 0.15) is 0 Å². The first-order valence-electron chi connectivity index (χ1n) is 3.43. The Bertz CT molecular complexity index is 184. The van der Waals surface area contributed by atoms with Gasteiger partial charge in [0.15, 0.2) is 0 Å². The molecule has 11 heavy (non-hydrogen) atoms. The molecule has 1 aliphatic carbocycles. The van der Waals surface area contributed by atoms with Gasteiger partial charge in [0.1, 0.15) is 0 Å². The van der Waals surface area contributed by atoms with Crippen LogP contribution in [0, 0.1) is 5.92 Å². The molecule has 0 amide bonds. The van der Waals surface area contributed by atoms with E-state index in [1.165, 1.54) is 11.8 Å². The fourth-order valence-corrected chi connectivity index (χ4v) is 1.66. The van der Waals surface area contributed by atoms with Crippen LogP contribution < -0.4 is 0 Å². The average Bonchev–Trinajstić information content (AvgIpc) is 2.39. The van der Waals surface area contributed by atoms with E-state index in [0.29, 0.717) is 5.92 Å². The SMILES string of the molecule is O=C(O)CSCC1C=CC=C1. The molecule has 0 unspecified atom stereocenters. The molecule has 2 nitrogen and oxygen atoms in total. The molecule has 0 aromatic heterocycles. The van der Waals surface area contributed by atoms with Crippen molar-refractivity contribution < 1.29 is 9.90 Å². The predicted molar refractivity (Wildman–Crippen MR) is 46.7 cm³/mol. The number of rotatable bonds is 4. The van der Waals surface area contributed by atoms with E-state index in [4.69, 9.17) is 5.11 Å². The van der Waals surface area contributed by atoms with Gasteiger partial charge in [0, 0.05) is 11.7 Å². The second-order valence-corrected chi connectivity index (χ2v) is 3.37. The van der Waals surface area contributed by atoms with E-state index in [9.17, 15) is 4.79 Å². The van der Waals surface area contributed by atoms with Crippen LogP contribution in [0.5, 0.6) is 0 Å². The largest absolute Gasteiger partial charge is 0.481 e. The molecule has 0 saturated heterocycles. The quantitative estimate of drug-likeness (QED) is 0.695. The third-order valence-corrected chi connectivity index (χ3v) is 2.44. The molecule has 0 spiro atoms. The summed E-state index contributed by atoms with van der Waals surface area (Å²) >= 11 is 1.46. The number of thioether (sulfide) groups is 1. The van der Waals surface area contributed by atoms with Gasteiger partial charge in [0.25, 0.3) is 0 Å². The van der Waals surface area contributed by atoms with Crippen LogP contribution in [-0.4, -0.2) is 22.6 Å². The van der Waals surface area contributed by atoms with Crippen LogP contribution in [0.3, 0.4) is 0 Å². The molecule has 0 aromatic rings. The zero-order chi connectivity index (χ0) is 8.10. The second-order valence-electron chi connectivity index (χ2n) is 2.34. The molecule has 0 saturated carbocycles. The molecule has 0 radical (unpaired) electrons. The van der Waals surface area contributed by atoms with E-state index in [-0.39, 0.29) is 5.75 Å². The summed E-state index contributed by atoms with van der Waals surface area (Å²) in [6.07, 6.45) is 8.14. The average molecular weight is 170 g/mol. The van der Waals surface area contributed by atoms with Crippen molar-refractivity contribution in [3.63, 3.8) is 0 Å². The van der Waals surface area contributed by atoms with Crippen LogP contribution in [0.25, 0.3) is 0 Å². The van der Waals surface area contributed by atoms with E-state index in [1.54, 1.807) is 0 Å². The lowest BCUT2D eigenvalue weighted by Gasteiger charge is -2.01. The highest BCUT2D eigenvalue weighted by atomic mass is 32.2. The molecule has 60 valence electrons. The van der Waals surface area contributed by atoms with Crippen LogP contribution in [0.4, 0.5) is 0 Å². The monoisotopic (exact) mass is 170 g/mol. The number of hydrogen-bond acceptors (Lipinski definition) is 2. The maximum absolute atomic E-state index is 10.1. The highest BCUT2D eigenvalue weighted by Gasteiger charge is 2.04. The molecule has 0 atom stereocenters. The fraction of sp³-hybridized carbons (Fsp3) is 0.375. The van der Waals surface area contributed by atoms with Crippen molar-refractivity contribution in [2.45, 2.75) is 0 Å². The molecule has 1 N–H and O–H groups in total. The summed E-state index contributed by atoms with van der Waals surface area (Å²) in [6.45, 7) is 0. The molecular formula is C8H10O2S. The molecule has 0 aromatic carbocycles. The maximum atomic E-state index is 10.1. The molecule has 0 aliphatic heterocycles. The van der Waals surface area contributed by atoms with Crippen LogP contribution in [0.2, 0.25) is 0 Å². The zero-order valence-corrected chi connectivity index (χ0v) is 6.88. The first-order valence-corrected chi connectivity index (χ1v) is 4.59. The summed E-state index contributed by atoms with van der Waals surface area (Å²) < 4.78 is 0. The first-order chi connectivity index (χ1) is 5.29. The third kappa shape index (κ3) is 3.28. The van der Waals surface area contributed by atoms with Gasteiger partial charge < -0.3 is 5.11 Å². The van der Waals surface area contributed by atoms with Gasteiger partial charge in [0.2, 0.25) is 0 Å². The van der Waals surface area contributed by atoms with E-state index >= 15 is 0 Å². The highest BCUT2D eigenvalue weighted by molar-refractivity contribution is 7.99. The number of carbonyl (C=O) groups is 1. The van der Waals surface area contributed by atoms with Crippen LogP contribution in [0.15, 0.2) is 24.3 Å². The Hall–Kier alpha value is -0.700. The Labute approximate surface area is 70.0 Å². The Morgan fingerprint density at radius 1 is 1.45 bits per heavy atom. The molecule has 3 heteroatoms. The van der Waals surface area contributed by atoms with Gasteiger partial charge in [-0.05, 0) is 0 Å². The molecule has 0 bridgehead atoms. The normalized spacial score (nSPS) is 16.0. The summed E-state index contributed by atoms with van der Waals surface area (Å²) in [5, 5.41) is 8.33. The number of aliphatic carboxylic acids is 1. The molecule has 1 aliphatic rings. The number of hydrogen-bond donors (Lipinski definition) is 1. The van der Waals surface area contributed by atoms with E-state index < -0.39 is 5.97 Å². The van der Waals surface area contributed by atoms with Gasteiger partial charge in [-0.1, -0.05) is 24.3 Å². The highest BCUT2D eigenvalue weighted by Crippen LogP contribution is 2.15. The second kappa shape index (κ2) is 4.23. The standard InChI is InChI=1S/C8H10O2S/c9-8(10)6-11-5-7-3-1-2-4-7/h1-4,7H,5-6H2,(H,9,10). The maximum Gasteiger partial charge on any atom is 0.313 e. The van der Waals surface area contributed by atoms with E-state index in [1.807, 2.05) is 12.2 Å². The Morgan fingerprint density at radius 2 is 2.09 bits per heavy atom. The van der Waals surface area contributed by atoms with Crippen molar-refractivity contribution in [3.05, 3.63) is 24.3 Å². The number of carboxylic acid groups (broad SMARTS) is 1. The summed E-state index contributed by atoms with van der Waals surface area (Å²) in [5.74, 6) is 0.789. The lowest BCUT2D eigenvalue weighted by atomic mass is 10.2. The first kappa shape index (κ1) is 8.40. The van der Waals surface area contributed by atoms with Gasteiger partial charge in [-0.25, -0.2) is 0 Å². The van der Waals surface area contributed by atoms with Gasteiger partial charge in [-0.3, -0.25) is 4.79 Å². The minimum atomic E-state index is -0.735. The smallest absolute Gasteiger partial charge is 0.313 e. The van der Waals surface area contributed by atoms with Crippen molar-refractivity contribution in [2.75, 3.05) is 11.5 Å². The van der Waals surface area contributed by atoms with E-state index in [0.717, 1.165) is 5.75 Å². The Kier molecular flexibility index (Phi) is 3.23. The molecule has 0 heterocycles. The number of carboxylic acids is 1. The number of allylic oxidation sites excluding steroid dienone is 4. The van der Waals surface area contributed by atoms with Gasteiger partial charge in [-0.2, -0.15) is 0 Å². The molecule has 0 fully saturated rings. The van der Waals surface area contributed by atoms with Crippen molar-refractivity contribution in [2.24, 2.45) is 5.92 Å². The van der Waals surface area contributed by atoms with Gasteiger partial charge in [-0.15, -0.1) is 11.8 Å². The van der Waals surface area contributed by atoms with Gasteiger partial charge >= 0.3 is 5.97 Å². The van der Waals surface area contributed by atoms with Crippen molar-refractivity contribution in [1.82, 2.24) is 0 Å². The van der Waals surface area contributed by atoms with Crippen LogP contribution >= 0.6 is 11.8 Å². The fourth-order valence-electron chi connectivity index (χ4n) is 0.871. The summed E-state index contributed by atoms with van der Waals surface area (Å²) in [5.41, 5.74) is 0. The lowest BCUT2D eigenvalue weighted by Crippen LogP contribution is -2.01. The van der Waals surface area contributed by atoms with Gasteiger partial charge in [0.05, 0.1) is 5.75 Å². The van der Waals surface area contributed by atoms with Crippen molar-refractivity contribution in [3.8, 4) is 0 Å². The third-order valence-electron chi connectivity index (χ3n) is 1.36. The van der Waals surface area contributed by atoms with Crippen molar-refractivity contribution in [1.29, 1.82) is 0 Å². The minimum Gasteiger partial charge on any atom is -0.481 e. The Morgan fingerprint density at radius 3 is 2.64 bits per heavy atom. The summed E-state index contributed by atoms with van der Waals surface area (Å²) in [4.78, 5) is 10.1. The van der Waals surface area contributed by atoms with Crippen molar-refractivity contribution >= 4 is 17.7 Å². The molecule has 1 rings (SSSR count). The van der Waals surface area contributed by atoms with E-state index in [2.05, 4.69) is 12.2 Å². The topological polar surface area (TPSA) is 37.3 Å². The summed E-state index contributed by atoms with van der Waals surface area (Å²) in [6, 6.07) is 0. The minimum absolute atomic E-state index is 0.207. The van der Waals surface area contributed by atoms with Crippen LogP contribution in [-0.2, 0) is 4.79 Å². The predicted octanol–water partition coefficient (Wildman–Crippen LogP) is 1.55.